The minimum absolute atomic E-state index is 0.151. The second kappa shape index (κ2) is 5.16. The number of ether oxygens (including phenoxy) is 2. The van der Waals surface area contributed by atoms with E-state index in [2.05, 4.69) is 0 Å². The molecule has 0 saturated carbocycles. The maximum absolute atomic E-state index is 11.3. The van der Waals surface area contributed by atoms with Crippen LogP contribution >= 0.6 is 0 Å². The molecule has 1 rings (SSSR count). The van der Waals surface area contributed by atoms with E-state index in [4.69, 9.17) is 15.2 Å². The highest BCUT2D eigenvalue weighted by atomic mass is 16.5. The van der Waals surface area contributed by atoms with Crippen LogP contribution in [0.1, 0.15) is 17.3 Å². The number of carbonyl (C=O) groups excluding carboxylic acids is 2. The number of primary amides is 1. The molecular weight excluding hydrogens is 210 g/mol. The first-order chi connectivity index (χ1) is 7.54. The number of benzene rings is 1. The number of rotatable bonds is 5. The normalized spacial score (nSPS) is 9.62. The minimum Gasteiger partial charge on any atom is -0.497 e. The van der Waals surface area contributed by atoms with Gasteiger partial charge in [0.2, 0.25) is 0 Å². The summed E-state index contributed by atoms with van der Waals surface area (Å²) in [6, 6.07) is 4.77. The molecule has 0 aliphatic rings. The van der Waals surface area contributed by atoms with Crippen molar-refractivity contribution in [3.05, 3.63) is 23.8 Å². The molecule has 1 aromatic rings. The quantitative estimate of drug-likeness (QED) is 0.747. The fourth-order valence-electron chi connectivity index (χ4n) is 1.19. The van der Waals surface area contributed by atoms with Crippen molar-refractivity contribution >= 4 is 11.7 Å². The van der Waals surface area contributed by atoms with Crippen molar-refractivity contribution in [3.63, 3.8) is 0 Å². The van der Waals surface area contributed by atoms with Crippen LogP contribution in [0.25, 0.3) is 0 Å². The standard InChI is InChI=1S/C11H13NO4/c1-7(13)9-4-3-8(15-2)5-10(9)16-6-11(12)14/h3-5H,6H2,1-2H3,(H2,12,14). The number of carbonyl (C=O) groups is 2. The van der Waals surface area contributed by atoms with Crippen LogP contribution in [-0.4, -0.2) is 25.4 Å². The van der Waals surface area contributed by atoms with E-state index < -0.39 is 5.91 Å². The molecule has 16 heavy (non-hydrogen) atoms. The lowest BCUT2D eigenvalue weighted by Crippen LogP contribution is -2.20. The minimum atomic E-state index is -0.600. The summed E-state index contributed by atoms with van der Waals surface area (Å²) in [5, 5.41) is 0. The zero-order valence-electron chi connectivity index (χ0n) is 9.15. The highest BCUT2D eigenvalue weighted by Gasteiger charge is 2.10. The first-order valence-corrected chi connectivity index (χ1v) is 4.64. The van der Waals surface area contributed by atoms with E-state index in [1.165, 1.54) is 14.0 Å². The van der Waals surface area contributed by atoms with Crippen LogP contribution < -0.4 is 15.2 Å². The number of hydrogen-bond acceptors (Lipinski definition) is 4. The second-order valence-electron chi connectivity index (χ2n) is 3.17. The van der Waals surface area contributed by atoms with Crippen molar-refractivity contribution in [1.82, 2.24) is 0 Å². The predicted octanol–water partition coefficient (Wildman–Crippen LogP) is 0.762. The Hall–Kier alpha value is -2.04. The van der Waals surface area contributed by atoms with Gasteiger partial charge in [-0.1, -0.05) is 0 Å². The monoisotopic (exact) mass is 223 g/mol. The number of ketones is 1. The molecule has 5 heteroatoms. The molecular formula is C11H13NO4. The molecule has 0 bridgehead atoms. The van der Waals surface area contributed by atoms with Crippen molar-refractivity contribution in [3.8, 4) is 11.5 Å². The summed E-state index contributed by atoms with van der Waals surface area (Å²) in [5.41, 5.74) is 5.35. The van der Waals surface area contributed by atoms with Gasteiger partial charge in [-0.25, -0.2) is 0 Å². The Labute approximate surface area is 93.1 Å². The van der Waals surface area contributed by atoms with Crippen molar-refractivity contribution in [2.75, 3.05) is 13.7 Å². The van der Waals surface area contributed by atoms with Gasteiger partial charge in [0, 0.05) is 6.07 Å². The number of hydrogen-bond donors (Lipinski definition) is 1. The van der Waals surface area contributed by atoms with Crippen LogP contribution in [0.3, 0.4) is 0 Å². The van der Waals surface area contributed by atoms with Gasteiger partial charge in [-0.3, -0.25) is 9.59 Å². The zero-order chi connectivity index (χ0) is 12.1. The van der Waals surface area contributed by atoms with Gasteiger partial charge < -0.3 is 15.2 Å². The number of nitrogens with two attached hydrogens (primary N) is 1. The first-order valence-electron chi connectivity index (χ1n) is 4.64. The average molecular weight is 223 g/mol. The third kappa shape index (κ3) is 2.98. The van der Waals surface area contributed by atoms with Crippen molar-refractivity contribution in [2.45, 2.75) is 6.92 Å². The summed E-state index contributed by atoms with van der Waals surface area (Å²) >= 11 is 0. The van der Waals surface area contributed by atoms with Gasteiger partial charge in [-0.15, -0.1) is 0 Å². The van der Waals surface area contributed by atoms with Gasteiger partial charge in [-0.2, -0.15) is 0 Å². The van der Waals surface area contributed by atoms with Crippen LogP contribution in [0.15, 0.2) is 18.2 Å². The van der Waals surface area contributed by atoms with Gasteiger partial charge in [0.15, 0.2) is 12.4 Å². The molecule has 5 nitrogen and oxygen atoms in total. The Morgan fingerprint density at radius 1 is 1.38 bits per heavy atom. The molecule has 2 N–H and O–H groups in total. The van der Waals surface area contributed by atoms with E-state index in [-0.39, 0.29) is 12.4 Å². The third-order valence-electron chi connectivity index (χ3n) is 1.94. The number of methoxy groups -OCH3 is 1. The first kappa shape index (κ1) is 12.0. The Morgan fingerprint density at radius 3 is 2.56 bits per heavy atom. The van der Waals surface area contributed by atoms with E-state index in [1.54, 1.807) is 18.2 Å². The molecule has 0 saturated heterocycles. The molecule has 0 aliphatic heterocycles. The summed E-state index contributed by atoms with van der Waals surface area (Å²) in [5.74, 6) is 0.0922. The number of Topliss-reactive ketones (excluding diaryl/α,β-unsaturated/α-hetero) is 1. The van der Waals surface area contributed by atoms with Gasteiger partial charge in [-0.05, 0) is 19.1 Å². The van der Waals surface area contributed by atoms with Crippen molar-refractivity contribution < 1.29 is 19.1 Å². The van der Waals surface area contributed by atoms with Gasteiger partial charge in [0.25, 0.3) is 5.91 Å². The predicted molar refractivity (Wildman–Crippen MR) is 57.7 cm³/mol. The van der Waals surface area contributed by atoms with Crippen LogP contribution in [0.2, 0.25) is 0 Å². The summed E-state index contributed by atoms with van der Waals surface area (Å²) in [6.07, 6.45) is 0. The molecule has 1 amide bonds. The molecule has 1 aromatic carbocycles. The molecule has 86 valence electrons. The lowest BCUT2D eigenvalue weighted by Gasteiger charge is -2.09. The summed E-state index contributed by atoms with van der Waals surface area (Å²) in [6.45, 7) is 1.15. The highest BCUT2D eigenvalue weighted by molar-refractivity contribution is 5.97. The lowest BCUT2D eigenvalue weighted by molar-refractivity contribution is -0.119. The number of amides is 1. The van der Waals surface area contributed by atoms with Crippen LogP contribution in [-0.2, 0) is 4.79 Å². The Kier molecular flexibility index (Phi) is 3.88. The van der Waals surface area contributed by atoms with Gasteiger partial charge >= 0.3 is 0 Å². The van der Waals surface area contributed by atoms with E-state index >= 15 is 0 Å². The fourth-order valence-corrected chi connectivity index (χ4v) is 1.19. The molecule has 0 aromatic heterocycles. The van der Waals surface area contributed by atoms with Crippen LogP contribution in [0.5, 0.6) is 11.5 Å². The maximum atomic E-state index is 11.3. The van der Waals surface area contributed by atoms with Crippen LogP contribution in [0.4, 0.5) is 0 Å². The third-order valence-corrected chi connectivity index (χ3v) is 1.94. The summed E-state index contributed by atoms with van der Waals surface area (Å²) in [7, 11) is 1.50. The smallest absolute Gasteiger partial charge is 0.255 e. The lowest BCUT2D eigenvalue weighted by atomic mass is 10.1. The fraction of sp³-hybridized carbons (Fsp3) is 0.273. The molecule has 0 spiro atoms. The van der Waals surface area contributed by atoms with E-state index in [0.717, 1.165) is 0 Å². The second-order valence-corrected chi connectivity index (χ2v) is 3.17. The summed E-state index contributed by atoms with van der Waals surface area (Å²) in [4.78, 5) is 21.9. The van der Waals surface area contributed by atoms with E-state index in [9.17, 15) is 9.59 Å². The largest absolute Gasteiger partial charge is 0.497 e. The highest BCUT2D eigenvalue weighted by Crippen LogP contribution is 2.25. The van der Waals surface area contributed by atoms with Crippen LogP contribution in [0, 0.1) is 0 Å². The van der Waals surface area contributed by atoms with Gasteiger partial charge in [0.1, 0.15) is 11.5 Å². The SMILES string of the molecule is COc1ccc(C(C)=O)c(OCC(N)=O)c1. The topological polar surface area (TPSA) is 78.6 Å². The van der Waals surface area contributed by atoms with E-state index in [0.29, 0.717) is 17.1 Å². The Bertz CT molecular complexity index is 414. The van der Waals surface area contributed by atoms with Crippen molar-refractivity contribution in [2.24, 2.45) is 5.73 Å². The molecule has 0 atom stereocenters. The Balaban J connectivity index is 3.00. The van der Waals surface area contributed by atoms with Gasteiger partial charge in [0.05, 0.1) is 12.7 Å². The average Bonchev–Trinajstić information content (AvgIpc) is 2.25. The Morgan fingerprint density at radius 2 is 2.06 bits per heavy atom. The molecule has 0 radical (unpaired) electrons. The molecule has 0 unspecified atom stereocenters. The summed E-state index contributed by atoms with van der Waals surface area (Å²) < 4.78 is 10.1. The zero-order valence-corrected chi connectivity index (χ0v) is 9.15. The molecule has 0 heterocycles. The maximum Gasteiger partial charge on any atom is 0.255 e. The molecule has 0 fully saturated rings. The van der Waals surface area contributed by atoms with E-state index in [1.807, 2.05) is 0 Å². The van der Waals surface area contributed by atoms with Crippen molar-refractivity contribution in [1.29, 1.82) is 0 Å². The molecule has 0 aliphatic carbocycles.